The second-order valence-electron chi connectivity index (χ2n) is 4.63. The molecule has 0 amide bonds. The first-order chi connectivity index (χ1) is 6.91. The Kier molecular flexibility index (Phi) is 4.55. The van der Waals surface area contributed by atoms with Gasteiger partial charge in [-0.2, -0.15) is 0 Å². The highest BCUT2D eigenvalue weighted by molar-refractivity contribution is 7.91. The van der Waals surface area contributed by atoms with Crippen LogP contribution in [-0.2, 0) is 9.84 Å². The Labute approximate surface area is 93.0 Å². The van der Waals surface area contributed by atoms with Crippen molar-refractivity contribution >= 4 is 9.84 Å². The fourth-order valence-electron chi connectivity index (χ4n) is 1.67. The summed E-state index contributed by atoms with van der Waals surface area (Å²) in [5.74, 6) is 0.600. The molecule has 1 rings (SSSR count). The highest BCUT2D eigenvalue weighted by atomic mass is 32.2. The van der Waals surface area contributed by atoms with Crippen LogP contribution in [0.25, 0.3) is 0 Å². The van der Waals surface area contributed by atoms with E-state index < -0.39 is 9.84 Å². The molecule has 0 aromatic heterocycles. The summed E-state index contributed by atoms with van der Waals surface area (Å²) in [6, 6.07) is 0.662. The Morgan fingerprint density at radius 1 is 1.47 bits per heavy atom. The van der Waals surface area contributed by atoms with E-state index >= 15 is 0 Å². The largest absolute Gasteiger partial charge is 0.312 e. The van der Waals surface area contributed by atoms with E-state index in [9.17, 15) is 8.42 Å². The Balaban J connectivity index is 2.33. The van der Waals surface area contributed by atoms with Gasteiger partial charge in [-0.15, -0.1) is 0 Å². The molecule has 5 heteroatoms. The maximum Gasteiger partial charge on any atom is 0.153 e. The average Bonchev–Trinajstić information content (AvgIpc) is 2.12. The summed E-state index contributed by atoms with van der Waals surface area (Å²) in [5, 5.41) is 3.26. The maximum atomic E-state index is 11.4. The van der Waals surface area contributed by atoms with Crippen molar-refractivity contribution in [2.75, 3.05) is 31.6 Å². The number of rotatable bonds is 4. The van der Waals surface area contributed by atoms with Crippen LogP contribution in [0.2, 0.25) is 0 Å². The van der Waals surface area contributed by atoms with Crippen molar-refractivity contribution in [2.45, 2.75) is 32.4 Å². The lowest BCUT2D eigenvalue weighted by atomic mass is 10.2. The van der Waals surface area contributed by atoms with Gasteiger partial charge in [-0.05, 0) is 33.9 Å². The van der Waals surface area contributed by atoms with E-state index in [2.05, 4.69) is 31.1 Å². The summed E-state index contributed by atoms with van der Waals surface area (Å²) in [6.45, 7) is 5.85. The molecule has 1 aliphatic rings. The monoisotopic (exact) mass is 234 g/mol. The molecule has 1 atom stereocenters. The number of nitrogens with one attached hydrogen (secondary N) is 1. The van der Waals surface area contributed by atoms with Crippen LogP contribution in [0.15, 0.2) is 0 Å². The third-order valence-corrected chi connectivity index (χ3v) is 4.75. The molecule has 0 aromatic carbocycles. The predicted octanol–water partition coefficient (Wildman–Crippen LogP) is 0.103. The average molecular weight is 234 g/mol. The topological polar surface area (TPSA) is 49.4 Å². The molecular formula is C10H22N2O2S. The normalized spacial score (nSPS) is 26.1. The lowest BCUT2D eigenvalue weighted by Crippen LogP contribution is -2.46. The summed E-state index contributed by atoms with van der Waals surface area (Å²) < 4.78 is 22.8. The molecule has 90 valence electrons. The number of sulfone groups is 1. The lowest BCUT2D eigenvalue weighted by molar-refractivity contribution is 0.259. The third-order valence-electron chi connectivity index (χ3n) is 3.01. The van der Waals surface area contributed by atoms with Crippen LogP contribution in [0, 0.1) is 0 Å². The van der Waals surface area contributed by atoms with Gasteiger partial charge in [0.2, 0.25) is 0 Å². The summed E-state index contributed by atoms with van der Waals surface area (Å²) in [4.78, 5) is 2.24. The number of hydrogen-bond donors (Lipinski definition) is 1. The highest BCUT2D eigenvalue weighted by Crippen LogP contribution is 2.06. The molecule has 0 radical (unpaired) electrons. The molecule has 15 heavy (non-hydrogen) atoms. The quantitative estimate of drug-likeness (QED) is 0.750. The van der Waals surface area contributed by atoms with Gasteiger partial charge in [0.1, 0.15) is 0 Å². The van der Waals surface area contributed by atoms with Crippen molar-refractivity contribution in [3.05, 3.63) is 0 Å². The molecule has 1 N–H and O–H groups in total. The smallest absolute Gasteiger partial charge is 0.153 e. The first kappa shape index (κ1) is 12.9. The minimum Gasteiger partial charge on any atom is -0.312 e. The van der Waals surface area contributed by atoms with E-state index in [0.29, 0.717) is 24.1 Å². The summed E-state index contributed by atoms with van der Waals surface area (Å²) in [6.07, 6.45) is 0.911. The molecule has 1 aliphatic heterocycles. The van der Waals surface area contributed by atoms with Gasteiger partial charge in [0, 0.05) is 18.6 Å². The summed E-state index contributed by atoms with van der Waals surface area (Å²) in [5.41, 5.74) is 0. The summed E-state index contributed by atoms with van der Waals surface area (Å²) >= 11 is 0. The Morgan fingerprint density at radius 3 is 2.67 bits per heavy atom. The molecule has 4 nitrogen and oxygen atoms in total. The zero-order chi connectivity index (χ0) is 11.5. The van der Waals surface area contributed by atoms with Crippen molar-refractivity contribution in [3.8, 4) is 0 Å². The molecule has 0 bridgehead atoms. The third kappa shape index (κ3) is 4.49. The van der Waals surface area contributed by atoms with Crippen molar-refractivity contribution in [3.63, 3.8) is 0 Å². The lowest BCUT2D eigenvalue weighted by Gasteiger charge is -2.27. The van der Waals surface area contributed by atoms with Gasteiger partial charge >= 0.3 is 0 Å². The van der Waals surface area contributed by atoms with Gasteiger partial charge in [-0.25, -0.2) is 8.42 Å². The van der Waals surface area contributed by atoms with Gasteiger partial charge < -0.3 is 10.2 Å². The van der Waals surface area contributed by atoms with E-state index in [1.54, 1.807) is 0 Å². The van der Waals surface area contributed by atoms with Gasteiger partial charge in [-0.3, -0.25) is 0 Å². The molecule has 1 fully saturated rings. The Morgan fingerprint density at radius 2 is 2.13 bits per heavy atom. The zero-order valence-electron chi connectivity index (χ0n) is 9.86. The van der Waals surface area contributed by atoms with E-state index in [-0.39, 0.29) is 6.04 Å². The van der Waals surface area contributed by atoms with Crippen LogP contribution in [0.3, 0.4) is 0 Å². The highest BCUT2D eigenvalue weighted by Gasteiger charge is 2.24. The molecular weight excluding hydrogens is 212 g/mol. The second kappa shape index (κ2) is 5.27. The minimum absolute atomic E-state index is 0.143. The van der Waals surface area contributed by atoms with Crippen LogP contribution in [0.5, 0.6) is 0 Å². The maximum absolute atomic E-state index is 11.4. The van der Waals surface area contributed by atoms with Crippen LogP contribution in [-0.4, -0.2) is 57.0 Å². The predicted molar refractivity (Wildman–Crippen MR) is 62.8 cm³/mol. The van der Waals surface area contributed by atoms with Crippen LogP contribution >= 0.6 is 0 Å². The van der Waals surface area contributed by atoms with E-state index in [1.807, 2.05) is 0 Å². The van der Waals surface area contributed by atoms with Crippen molar-refractivity contribution < 1.29 is 8.42 Å². The zero-order valence-corrected chi connectivity index (χ0v) is 10.7. The van der Waals surface area contributed by atoms with Crippen LogP contribution in [0.1, 0.15) is 20.3 Å². The van der Waals surface area contributed by atoms with Gasteiger partial charge in [0.15, 0.2) is 9.84 Å². The Hall–Kier alpha value is -0.130. The number of hydrogen-bond acceptors (Lipinski definition) is 4. The molecule has 0 saturated carbocycles. The molecule has 1 saturated heterocycles. The van der Waals surface area contributed by atoms with E-state index in [1.165, 1.54) is 0 Å². The van der Waals surface area contributed by atoms with Gasteiger partial charge in [0.05, 0.1) is 11.5 Å². The first-order valence-corrected chi connectivity index (χ1v) is 7.37. The fraction of sp³-hybridized carbons (Fsp3) is 1.00. The second-order valence-corrected chi connectivity index (χ2v) is 6.86. The first-order valence-electron chi connectivity index (χ1n) is 5.55. The van der Waals surface area contributed by atoms with Gasteiger partial charge in [0.25, 0.3) is 0 Å². The van der Waals surface area contributed by atoms with Crippen molar-refractivity contribution in [1.82, 2.24) is 10.2 Å². The minimum atomic E-state index is -2.78. The van der Waals surface area contributed by atoms with Crippen molar-refractivity contribution in [1.29, 1.82) is 0 Å². The Bertz CT molecular complexity index is 288. The number of nitrogens with zero attached hydrogens (tertiary/aromatic N) is 1. The standard InChI is InChI=1S/C10H22N2O2S/c1-9(2)12(3)6-4-10-8-15(13,14)7-5-11-10/h9-11H,4-8H2,1-3H3. The fourth-order valence-corrected chi connectivity index (χ4v) is 3.16. The van der Waals surface area contributed by atoms with Gasteiger partial charge in [-0.1, -0.05) is 0 Å². The van der Waals surface area contributed by atoms with Crippen molar-refractivity contribution in [2.24, 2.45) is 0 Å². The van der Waals surface area contributed by atoms with Crippen LogP contribution < -0.4 is 5.32 Å². The molecule has 1 unspecified atom stereocenters. The molecule has 0 spiro atoms. The SMILES string of the molecule is CC(C)N(C)CCC1CS(=O)(=O)CCN1. The van der Waals surface area contributed by atoms with Crippen LogP contribution in [0.4, 0.5) is 0 Å². The molecule has 0 aromatic rings. The van der Waals surface area contributed by atoms with E-state index in [0.717, 1.165) is 13.0 Å². The molecule has 0 aliphatic carbocycles. The van der Waals surface area contributed by atoms with E-state index in [4.69, 9.17) is 0 Å². The molecule has 1 heterocycles. The summed E-state index contributed by atoms with van der Waals surface area (Å²) in [7, 11) is -0.710.